The molecule has 4 unspecified atom stereocenters. The van der Waals surface area contributed by atoms with Gasteiger partial charge >= 0.3 is 0 Å². The first-order valence-electron chi connectivity index (χ1n) is 22.4. The Morgan fingerprint density at radius 3 is 1.93 bits per heavy atom. The van der Waals surface area contributed by atoms with Gasteiger partial charge in [0.25, 0.3) is 6.71 Å². The van der Waals surface area contributed by atoms with Gasteiger partial charge in [0.1, 0.15) is 0 Å². The van der Waals surface area contributed by atoms with E-state index in [2.05, 4.69) is 160 Å². The molecule has 0 saturated heterocycles. The summed E-state index contributed by atoms with van der Waals surface area (Å²) in [7, 11) is 0. The highest BCUT2D eigenvalue weighted by atomic mass is 15.3. The van der Waals surface area contributed by atoms with Gasteiger partial charge in [0.15, 0.2) is 0 Å². The van der Waals surface area contributed by atoms with Crippen LogP contribution in [0.15, 0.2) is 97.1 Å². The topological polar surface area (TPSA) is 9.72 Å². The standard InChI is InChI=1S/C53H56BN3/c1-49(2,3)34-21-22-41-40(27-34)51(6)23-11-12-24-52(51,7)56(41)37-28-44-48-45(29-37)57(53-30-32-25-35(53)26-33(32)31-53)43-20-14-18-39-47(43)54(48)46-38(50(39,4)5)17-13-19-42(46)55(44)36-15-9-8-10-16-36/h8-10,13-22,27-29,32-33,35H,11-12,23-26,30-31H2,1-7H3. The maximum absolute atomic E-state index is 3.03. The SMILES string of the molecule is CC(C)(C)c1ccc2c(c1)C1(C)CCCCC1(C)N2c1cc2c3c(c1)N(C14CC5CC1CC5C4)c1cccc4c1B3c1c(cccc1C4(C)C)N2c1ccccc1. The van der Waals surface area contributed by atoms with Crippen molar-refractivity contribution in [2.45, 2.75) is 127 Å². The second-order valence-electron chi connectivity index (χ2n) is 21.8. The molecule has 0 spiro atoms. The van der Waals surface area contributed by atoms with Crippen molar-refractivity contribution in [1.82, 2.24) is 0 Å². The fraction of sp³-hybridized carbons (Fsp3) is 0.434. The Labute approximate surface area is 340 Å². The van der Waals surface area contributed by atoms with E-state index in [9.17, 15) is 0 Å². The molecule has 5 fully saturated rings. The zero-order valence-electron chi connectivity index (χ0n) is 35.0. The number of rotatable bonds is 3. The zero-order valence-corrected chi connectivity index (χ0v) is 35.0. The summed E-state index contributed by atoms with van der Waals surface area (Å²) in [5.41, 5.74) is 20.7. The molecule has 57 heavy (non-hydrogen) atoms. The molecule has 0 aromatic heterocycles. The number of para-hydroxylation sites is 1. The third-order valence-corrected chi connectivity index (χ3v) is 18.0. The summed E-state index contributed by atoms with van der Waals surface area (Å²) in [6.07, 6.45) is 10.5. The van der Waals surface area contributed by atoms with Crippen molar-refractivity contribution in [1.29, 1.82) is 0 Å². The van der Waals surface area contributed by atoms with Gasteiger partial charge in [-0.2, -0.15) is 0 Å². The summed E-state index contributed by atoms with van der Waals surface area (Å²) in [4.78, 5) is 8.58. The minimum atomic E-state index is -0.102. The number of hydrogen-bond acceptors (Lipinski definition) is 3. The Morgan fingerprint density at radius 1 is 0.579 bits per heavy atom. The fourth-order valence-electron chi connectivity index (χ4n) is 15.2. The van der Waals surface area contributed by atoms with Crippen LogP contribution in [0.1, 0.15) is 122 Å². The number of hydrogen-bond donors (Lipinski definition) is 0. The zero-order chi connectivity index (χ0) is 38.6. The van der Waals surface area contributed by atoms with E-state index in [1.165, 1.54) is 113 Å². The van der Waals surface area contributed by atoms with Gasteiger partial charge in [-0.3, -0.25) is 0 Å². The summed E-state index contributed by atoms with van der Waals surface area (Å²) in [6, 6.07) is 39.0. The maximum atomic E-state index is 3.03. The Morgan fingerprint density at radius 2 is 1.25 bits per heavy atom. The van der Waals surface area contributed by atoms with Crippen molar-refractivity contribution >= 4 is 62.9 Å². The summed E-state index contributed by atoms with van der Waals surface area (Å²) in [6.45, 7) is 17.6. The predicted molar refractivity (Wildman–Crippen MR) is 240 cm³/mol. The van der Waals surface area contributed by atoms with Gasteiger partial charge in [-0.05, 0) is 150 Å². The molecule has 5 saturated carbocycles. The lowest BCUT2D eigenvalue weighted by molar-refractivity contribution is 0.195. The first-order chi connectivity index (χ1) is 27.3. The molecule has 4 heteroatoms. The Balaban J connectivity index is 1.15. The van der Waals surface area contributed by atoms with Crippen LogP contribution in [-0.2, 0) is 16.2 Å². The van der Waals surface area contributed by atoms with Gasteiger partial charge in [-0.25, -0.2) is 0 Å². The predicted octanol–water partition coefficient (Wildman–Crippen LogP) is 11.3. The van der Waals surface area contributed by atoms with Crippen LogP contribution in [0.25, 0.3) is 0 Å². The Hall–Kier alpha value is -4.44. The monoisotopic (exact) mass is 745 g/mol. The second-order valence-corrected chi connectivity index (χ2v) is 21.8. The smallest absolute Gasteiger partial charge is 0.252 e. The highest BCUT2D eigenvalue weighted by Gasteiger charge is 2.67. The van der Waals surface area contributed by atoms with Gasteiger partial charge in [0, 0.05) is 56.2 Å². The minimum Gasteiger partial charge on any atom is -0.336 e. The molecule has 286 valence electrons. The van der Waals surface area contributed by atoms with Crippen LogP contribution < -0.4 is 31.1 Å². The van der Waals surface area contributed by atoms with Crippen LogP contribution in [0.5, 0.6) is 0 Å². The fourth-order valence-corrected chi connectivity index (χ4v) is 15.2. The summed E-state index contributed by atoms with van der Waals surface area (Å²) in [5.74, 6) is 2.55. The maximum Gasteiger partial charge on any atom is 0.252 e. The number of nitrogens with zero attached hydrogens (tertiary/aromatic N) is 3. The van der Waals surface area contributed by atoms with Crippen LogP contribution in [0, 0.1) is 17.8 Å². The second kappa shape index (κ2) is 10.4. The Bertz CT molecular complexity index is 2590. The van der Waals surface area contributed by atoms with E-state index in [-0.39, 0.29) is 34.0 Å². The van der Waals surface area contributed by atoms with Crippen molar-refractivity contribution in [3.05, 3.63) is 119 Å². The third kappa shape index (κ3) is 3.80. The average molecular weight is 746 g/mol. The molecule has 9 aliphatic rings. The van der Waals surface area contributed by atoms with Crippen LogP contribution in [0.2, 0.25) is 0 Å². The quantitative estimate of drug-likeness (QED) is 0.167. The molecular formula is C53H56BN3. The summed E-state index contributed by atoms with van der Waals surface area (Å²) >= 11 is 0. The number of anilines is 7. The van der Waals surface area contributed by atoms with E-state index in [0.29, 0.717) is 0 Å². The summed E-state index contributed by atoms with van der Waals surface area (Å²) < 4.78 is 0. The van der Waals surface area contributed by atoms with Gasteiger partial charge in [0.2, 0.25) is 0 Å². The van der Waals surface area contributed by atoms with Crippen molar-refractivity contribution in [2.24, 2.45) is 17.8 Å². The van der Waals surface area contributed by atoms with E-state index >= 15 is 0 Å². The molecule has 5 aromatic carbocycles. The molecule has 0 amide bonds. The van der Waals surface area contributed by atoms with Crippen LogP contribution in [-0.4, -0.2) is 17.8 Å². The molecular weight excluding hydrogens is 689 g/mol. The summed E-state index contributed by atoms with van der Waals surface area (Å²) in [5, 5.41) is 0. The minimum absolute atomic E-state index is 0.0342. The lowest BCUT2D eigenvalue weighted by Crippen LogP contribution is -2.69. The van der Waals surface area contributed by atoms with Gasteiger partial charge in [-0.1, -0.05) is 109 Å². The molecule has 4 heterocycles. The largest absolute Gasteiger partial charge is 0.336 e. The van der Waals surface area contributed by atoms with E-state index < -0.39 is 0 Å². The van der Waals surface area contributed by atoms with E-state index in [1.54, 1.807) is 16.5 Å². The lowest BCUT2D eigenvalue weighted by Gasteiger charge is -2.55. The molecule has 14 rings (SSSR count). The molecule has 4 atom stereocenters. The third-order valence-electron chi connectivity index (χ3n) is 18.0. The normalized spacial score (nSPS) is 31.2. The van der Waals surface area contributed by atoms with Crippen LogP contribution in [0.3, 0.4) is 0 Å². The highest BCUT2D eigenvalue weighted by molar-refractivity contribution is 7.01. The molecule has 5 aromatic rings. The van der Waals surface area contributed by atoms with E-state index in [1.807, 2.05) is 0 Å². The molecule has 0 radical (unpaired) electrons. The van der Waals surface area contributed by atoms with Crippen LogP contribution in [0.4, 0.5) is 39.8 Å². The van der Waals surface area contributed by atoms with Crippen molar-refractivity contribution < 1.29 is 0 Å². The van der Waals surface area contributed by atoms with Crippen molar-refractivity contribution in [3.63, 3.8) is 0 Å². The first-order valence-corrected chi connectivity index (χ1v) is 22.4. The van der Waals surface area contributed by atoms with Gasteiger partial charge in [0.05, 0.1) is 5.54 Å². The van der Waals surface area contributed by atoms with E-state index in [0.717, 1.165) is 17.8 Å². The van der Waals surface area contributed by atoms with Crippen molar-refractivity contribution in [2.75, 3.05) is 14.7 Å². The Kier molecular flexibility index (Phi) is 6.12. The number of benzene rings is 5. The van der Waals surface area contributed by atoms with Gasteiger partial charge in [-0.15, -0.1) is 0 Å². The number of fused-ring (bicyclic) bond motifs is 3. The van der Waals surface area contributed by atoms with E-state index in [4.69, 9.17) is 0 Å². The molecule has 5 aliphatic carbocycles. The molecule has 3 nitrogen and oxygen atoms in total. The average Bonchev–Trinajstić information content (AvgIpc) is 3.98. The van der Waals surface area contributed by atoms with Gasteiger partial charge < -0.3 is 14.7 Å². The molecule has 4 aliphatic heterocycles. The first kappa shape index (κ1) is 33.5. The lowest BCUT2D eigenvalue weighted by atomic mass is 9.28. The van der Waals surface area contributed by atoms with Crippen molar-refractivity contribution in [3.8, 4) is 0 Å². The molecule has 0 N–H and O–H groups in total. The molecule has 4 bridgehead atoms. The highest BCUT2D eigenvalue weighted by Crippen LogP contribution is 2.70. The van der Waals surface area contributed by atoms with Crippen LogP contribution >= 0.6 is 0 Å².